The molecule has 36 heavy (non-hydrogen) atoms. The first-order chi connectivity index (χ1) is 17.6. The van der Waals surface area contributed by atoms with Gasteiger partial charge in [0.15, 0.2) is 0 Å². The number of amides is 1. The van der Waals surface area contributed by atoms with Crippen LogP contribution in [0.25, 0.3) is 21.3 Å². The van der Waals surface area contributed by atoms with E-state index in [0.29, 0.717) is 28.3 Å². The minimum absolute atomic E-state index is 0.0379. The molecule has 0 aliphatic heterocycles. The van der Waals surface area contributed by atoms with Crippen molar-refractivity contribution in [3.63, 3.8) is 0 Å². The van der Waals surface area contributed by atoms with Crippen molar-refractivity contribution in [2.75, 3.05) is 6.54 Å². The predicted octanol–water partition coefficient (Wildman–Crippen LogP) is 6.36. The van der Waals surface area contributed by atoms with Crippen molar-refractivity contribution in [2.45, 2.75) is 57.7 Å². The van der Waals surface area contributed by atoms with Gasteiger partial charge in [0.1, 0.15) is 10.7 Å². The van der Waals surface area contributed by atoms with Crippen LogP contribution in [0.1, 0.15) is 54.5 Å². The number of pyridine rings is 1. The predicted molar refractivity (Wildman–Crippen MR) is 146 cm³/mol. The average molecular weight is 520 g/mol. The molecule has 186 valence electrons. The summed E-state index contributed by atoms with van der Waals surface area (Å²) in [6.45, 7) is 3.57. The number of nitrogens with zero attached hydrogens (tertiary/aromatic N) is 4. The Morgan fingerprint density at radius 3 is 2.61 bits per heavy atom. The quantitative estimate of drug-likeness (QED) is 0.293. The minimum atomic E-state index is -0.0379. The maximum atomic E-state index is 14.0. The van der Waals surface area contributed by atoms with E-state index in [2.05, 4.69) is 22.2 Å². The van der Waals surface area contributed by atoms with Crippen molar-refractivity contribution in [2.24, 2.45) is 0 Å². The highest BCUT2D eigenvalue weighted by atomic mass is 35.5. The van der Waals surface area contributed by atoms with E-state index in [9.17, 15) is 4.79 Å². The third-order valence-corrected chi connectivity index (χ3v) is 8.47. The number of carbonyl (C=O) groups is 1. The molecular formula is C28H30ClN5OS. The Morgan fingerprint density at radius 2 is 1.86 bits per heavy atom. The zero-order valence-corrected chi connectivity index (χ0v) is 21.9. The highest BCUT2D eigenvalue weighted by Gasteiger charge is 2.32. The molecule has 5 rings (SSSR count). The highest BCUT2D eigenvalue weighted by molar-refractivity contribution is 7.21. The standard InChI is InChI=1S/C28H30ClN5OS/c1-2-14-31-20-7-9-21(10-8-20)34(28(35)27-26(29)22-5-3-4-6-24(22)36-27)18-25-32-17-13-23(33-25)19-11-15-30-16-12-19/h3-6,11-13,15-17,20-21,31H,2,7-10,14,18H2,1H3. The molecule has 0 unspecified atom stereocenters. The second-order valence-electron chi connectivity index (χ2n) is 9.23. The van der Waals surface area contributed by atoms with Gasteiger partial charge in [0.05, 0.1) is 17.3 Å². The number of thiophene rings is 1. The zero-order valence-electron chi connectivity index (χ0n) is 20.4. The second-order valence-corrected chi connectivity index (χ2v) is 10.7. The SMILES string of the molecule is CCCNC1CCC(N(Cc2nccc(-c3ccncc3)n2)C(=O)c2sc3ccccc3c2Cl)CC1. The van der Waals surface area contributed by atoms with Gasteiger partial charge < -0.3 is 10.2 Å². The van der Waals surface area contributed by atoms with E-state index in [-0.39, 0.29) is 11.9 Å². The molecule has 3 aromatic heterocycles. The maximum Gasteiger partial charge on any atom is 0.266 e. The fourth-order valence-electron chi connectivity index (χ4n) is 4.90. The maximum absolute atomic E-state index is 14.0. The number of benzene rings is 1. The van der Waals surface area contributed by atoms with E-state index in [1.807, 2.05) is 47.4 Å². The largest absolute Gasteiger partial charge is 0.327 e. The molecule has 1 saturated carbocycles. The van der Waals surface area contributed by atoms with Crippen LogP contribution in [0, 0.1) is 0 Å². The number of carbonyl (C=O) groups excluding carboxylic acids is 1. The third-order valence-electron chi connectivity index (χ3n) is 6.80. The number of fused-ring (bicyclic) bond motifs is 1. The van der Waals surface area contributed by atoms with E-state index in [1.54, 1.807) is 18.6 Å². The molecule has 0 atom stereocenters. The molecule has 0 saturated heterocycles. The van der Waals surface area contributed by atoms with Crippen molar-refractivity contribution in [3.05, 3.63) is 76.8 Å². The van der Waals surface area contributed by atoms with E-state index < -0.39 is 0 Å². The third kappa shape index (κ3) is 5.43. The van der Waals surface area contributed by atoms with Gasteiger partial charge in [-0.1, -0.05) is 36.7 Å². The molecular weight excluding hydrogens is 490 g/mol. The van der Waals surface area contributed by atoms with Crippen LogP contribution in [-0.4, -0.2) is 44.4 Å². The monoisotopic (exact) mass is 519 g/mol. The summed E-state index contributed by atoms with van der Waals surface area (Å²) in [5, 5.41) is 5.11. The van der Waals surface area contributed by atoms with Gasteiger partial charge in [-0.05, 0) is 62.9 Å². The Kier molecular flexibility index (Phi) is 7.90. The van der Waals surface area contributed by atoms with Gasteiger partial charge in [-0.2, -0.15) is 0 Å². The zero-order chi connectivity index (χ0) is 24.9. The van der Waals surface area contributed by atoms with Gasteiger partial charge in [-0.15, -0.1) is 11.3 Å². The summed E-state index contributed by atoms with van der Waals surface area (Å²) in [4.78, 5) is 30.0. The minimum Gasteiger partial charge on any atom is -0.327 e. The lowest BCUT2D eigenvalue weighted by atomic mass is 9.90. The summed E-state index contributed by atoms with van der Waals surface area (Å²) >= 11 is 8.20. The molecule has 1 aliphatic rings. The highest BCUT2D eigenvalue weighted by Crippen LogP contribution is 2.37. The molecule has 1 aromatic carbocycles. The van der Waals surface area contributed by atoms with Crippen LogP contribution in [0.2, 0.25) is 5.02 Å². The first-order valence-corrected chi connectivity index (χ1v) is 13.8. The summed E-state index contributed by atoms with van der Waals surface area (Å²) in [5.74, 6) is 0.588. The van der Waals surface area contributed by atoms with Gasteiger partial charge in [0.2, 0.25) is 0 Å². The Balaban J connectivity index is 1.43. The van der Waals surface area contributed by atoms with Gasteiger partial charge >= 0.3 is 0 Å². The molecule has 8 heteroatoms. The second kappa shape index (κ2) is 11.5. The van der Waals surface area contributed by atoms with E-state index in [0.717, 1.165) is 60.0 Å². The molecule has 1 amide bonds. The first kappa shape index (κ1) is 24.8. The fraction of sp³-hybridized carbons (Fsp3) is 0.357. The summed E-state index contributed by atoms with van der Waals surface area (Å²) in [6, 6.07) is 14.3. The lowest BCUT2D eigenvalue weighted by Gasteiger charge is -2.37. The number of halogens is 1. The lowest BCUT2D eigenvalue weighted by Crippen LogP contribution is -2.45. The van der Waals surface area contributed by atoms with Crippen molar-refractivity contribution in [1.82, 2.24) is 25.2 Å². The average Bonchev–Trinajstić information content (AvgIpc) is 3.27. The van der Waals surface area contributed by atoms with Gasteiger partial charge in [-0.25, -0.2) is 9.97 Å². The topological polar surface area (TPSA) is 71.0 Å². The Bertz CT molecular complexity index is 1320. The van der Waals surface area contributed by atoms with Crippen LogP contribution in [-0.2, 0) is 6.54 Å². The Labute approximate surface area is 220 Å². The molecule has 3 heterocycles. The molecule has 0 bridgehead atoms. The van der Waals surface area contributed by atoms with Crippen LogP contribution >= 0.6 is 22.9 Å². The van der Waals surface area contributed by atoms with Crippen LogP contribution in [0.5, 0.6) is 0 Å². The number of hydrogen-bond acceptors (Lipinski definition) is 6. The number of aromatic nitrogens is 3. The molecule has 1 N–H and O–H groups in total. The molecule has 6 nitrogen and oxygen atoms in total. The van der Waals surface area contributed by atoms with Crippen molar-refractivity contribution >= 4 is 38.9 Å². The van der Waals surface area contributed by atoms with E-state index in [4.69, 9.17) is 16.6 Å². The van der Waals surface area contributed by atoms with Crippen LogP contribution < -0.4 is 5.32 Å². The lowest BCUT2D eigenvalue weighted by molar-refractivity contribution is 0.0598. The molecule has 4 aromatic rings. The molecule has 1 aliphatic carbocycles. The molecule has 1 fully saturated rings. The Morgan fingerprint density at radius 1 is 1.08 bits per heavy atom. The normalized spacial score (nSPS) is 17.8. The molecule has 0 spiro atoms. The van der Waals surface area contributed by atoms with E-state index >= 15 is 0 Å². The fourth-order valence-corrected chi connectivity index (χ4v) is 6.37. The Hall–Kier alpha value is -2.87. The van der Waals surface area contributed by atoms with Gasteiger partial charge in [0.25, 0.3) is 5.91 Å². The van der Waals surface area contributed by atoms with Crippen LogP contribution in [0.4, 0.5) is 0 Å². The van der Waals surface area contributed by atoms with Crippen LogP contribution in [0.15, 0.2) is 61.1 Å². The van der Waals surface area contributed by atoms with Gasteiger partial charge in [0, 0.05) is 46.3 Å². The number of nitrogens with one attached hydrogen (secondary N) is 1. The molecule has 0 radical (unpaired) electrons. The number of hydrogen-bond donors (Lipinski definition) is 1. The summed E-state index contributed by atoms with van der Waals surface area (Å²) < 4.78 is 1.02. The van der Waals surface area contributed by atoms with Crippen molar-refractivity contribution in [1.29, 1.82) is 0 Å². The first-order valence-electron chi connectivity index (χ1n) is 12.6. The smallest absolute Gasteiger partial charge is 0.266 e. The van der Waals surface area contributed by atoms with E-state index in [1.165, 1.54) is 11.3 Å². The van der Waals surface area contributed by atoms with Gasteiger partial charge in [-0.3, -0.25) is 9.78 Å². The summed E-state index contributed by atoms with van der Waals surface area (Å²) in [6.07, 6.45) is 10.4. The van der Waals surface area contributed by atoms with Crippen molar-refractivity contribution in [3.8, 4) is 11.3 Å². The van der Waals surface area contributed by atoms with Crippen molar-refractivity contribution < 1.29 is 4.79 Å². The van der Waals surface area contributed by atoms with Crippen LogP contribution in [0.3, 0.4) is 0 Å². The number of rotatable bonds is 8. The summed E-state index contributed by atoms with van der Waals surface area (Å²) in [5.41, 5.74) is 1.80. The summed E-state index contributed by atoms with van der Waals surface area (Å²) in [7, 11) is 0.